The van der Waals surface area contributed by atoms with Crippen LogP contribution >= 0.6 is 0 Å². The SMILES string of the molecule is Cc1noc(C)c1C(C)(C)C(=O)NC(C)CCc1ccccc1. The fourth-order valence-electron chi connectivity index (χ4n) is 2.99. The van der Waals surface area contributed by atoms with Crippen molar-refractivity contribution >= 4 is 5.91 Å². The van der Waals surface area contributed by atoms with Crippen molar-refractivity contribution in [2.24, 2.45) is 0 Å². The molecule has 0 saturated carbocycles. The molecule has 0 aliphatic heterocycles. The summed E-state index contributed by atoms with van der Waals surface area (Å²) in [6.45, 7) is 9.60. The molecule has 1 atom stereocenters. The number of hydrogen-bond donors (Lipinski definition) is 1. The summed E-state index contributed by atoms with van der Waals surface area (Å²) in [6, 6.07) is 10.4. The smallest absolute Gasteiger partial charge is 0.230 e. The zero-order chi connectivity index (χ0) is 17.0. The molecule has 4 nitrogen and oxygen atoms in total. The van der Waals surface area contributed by atoms with Gasteiger partial charge >= 0.3 is 0 Å². The second-order valence-corrected chi connectivity index (χ2v) is 6.72. The Balaban J connectivity index is 1.97. The second-order valence-electron chi connectivity index (χ2n) is 6.72. The van der Waals surface area contributed by atoms with Crippen molar-refractivity contribution < 1.29 is 9.32 Å². The average molecular weight is 314 g/mol. The summed E-state index contributed by atoms with van der Waals surface area (Å²) < 4.78 is 5.21. The number of aryl methyl sites for hydroxylation is 3. The number of nitrogens with zero attached hydrogens (tertiary/aromatic N) is 1. The molecule has 23 heavy (non-hydrogen) atoms. The number of carbonyl (C=O) groups excluding carboxylic acids is 1. The molecular weight excluding hydrogens is 288 g/mol. The Bertz CT molecular complexity index is 640. The molecule has 0 bridgehead atoms. The summed E-state index contributed by atoms with van der Waals surface area (Å²) in [5.41, 5.74) is 2.29. The summed E-state index contributed by atoms with van der Waals surface area (Å²) >= 11 is 0. The van der Waals surface area contributed by atoms with Gasteiger partial charge in [-0.2, -0.15) is 0 Å². The van der Waals surface area contributed by atoms with Gasteiger partial charge in [0, 0.05) is 11.6 Å². The minimum atomic E-state index is -0.658. The first-order valence-corrected chi connectivity index (χ1v) is 8.10. The molecule has 1 heterocycles. The topological polar surface area (TPSA) is 55.1 Å². The first kappa shape index (κ1) is 17.3. The molecule has 2 rings (SSSR count). The highest BCUT2D eigenvalue weighted by Gasteiger charge is 2.35. The molecule has 0 radical (unpaired) electrons. The minimum absolute atomic E-state index is 0.00691. The van der Waals surface area contributed by atoms with E-state index in [-0.39, 0.29) is 11.9 Å². The van der Waals surface area contributed by atoms with Crippen molar-refractivity contribution in [2.75, 3.05) is 0 Å². The molecule has 0 fully saturated rings. The third kappa shape index (κ3) is 4.01. The number of nitrogens with one attached hydrogen (secondary N) is 1. The molecule has 0 saturated heterocycles. The highest BCUT2D eigenvalue weighted by Crippen LogP contribution is 2.29. The van der Waals surface area contributed by atoms with Crippen molar-refractivity contribution in [3.63, 3.8) is 0 Å². The molecular formula is C19H26N2O2. The van der Waals surface area contributed by atoms with Gasteiger partial charge in [0.05, 0.1) is 11.1 Å². The molecule has 1 unspecified atom stereocenters. The lowest BCUT2D eigenvalue weighted by Gasteiger charge is -2.26. The van der Waals surface area contributed by atoms with Crippen LogP contribution in [0.1, 0.15) is 49.8 Å². The molecule has 124 valence electrons. The Labute approximate surface area is 138 Å². The van der Waals surface area contributed by atoms with Crippen LogP contribution in [-0.4, -0.2) is 17.1 Å². The number of carbonyl (C=O) groups is 1. The molecule has 1 aromatic heterocycles. The van der Waals surface area contributed by atoms with E-state index in [1.165, 1.54) is 5.56 Å². The third-order valence-corrected chi connectivity index (χ3v) is 4.31. The normalized spacial score (nSPS) is 12.9. The largest absolute Gasteiger partial charge is 0.361 e. The Morgan fingerprint density at radius 3 is 2.48 bits per heavy atom. The summed E-state index contributed by atoms with van der Waals surface area (Å²) in [7, 11) is 0. The number of benzene rings is 1. The van der Waals surface area contributed by atoms with E-state index in [9.17, 15) is 4.79 Å². The lowest BCUT2D eigenvalue weighted by atomic mass is 9.82. The summed E-state index contributed by atoms with van der Waals surface area (Å²) in [6.07, 6.45) is 1.86. The van der Waals surface area contributed by atoms with Gasteiger partial charge in [-0.05, 0) is 53.0 Å². The fourth-order valence-corrected chi connectivity index (χ4v) is 2.99. The zero-order valence-corrected chi connectivity index (χ0v) is 14.6. The first-order valence-electron chi connectivity index (χ1n) is 8.10. The Hall–Kier alpha value is -2.10. The van der Waals surface area contributed by atoms with Crippen molar-refractivity contribution in [1.29, 1.82) is 0 Å². The van der Waals surface area contributed by atoms with Crippen LogP contribution < -0.4 is 5.32 Å². The molecule has 0 spiro atoms. The predicted octanol–water partition coefficient (Wildman–Crippen LogP) is 3.71. The molecule has 2 aromatic rings. The lowest BCUT2D eigenvalue weighted by Crippen LogP contribution is -2.44. The van der Waals surface area contributed by atoms with Crippen LogP contribution in [-0.2, 0) is 16.6 Å². The number of aromatic nitrogens is 1. The Morgan fingerprint density at radius 2 is 1.91 bits per heavy atom. The fraction of sp³-hybridized carbons (Fsp3) is 0.474. The second kappa shape index (κ2) is 6.99. The van der Waals surface area contributed by atoms with Gasteiger partial charge in [-0.3, -0.25) is 4.79 Å². The van der Waals surface area contributed by atoms with Crippen LogP contribution in [0.2, 0.25) is 0 Å². The van der Waals surface area contributed by atoms with Crippen molar-refractivity contribution in [1.82, 2.24) is 10.5 Å². The van der Waals surface area contributed by atoms with Gasteiger partial charge in [0.25, 0.3) is 0 Å². The summed E-state index contributed by atoms with van der Waals surface area (Å²) in [4.78, 5) is 12.7. The van der Waals surface area contributed by atoms with Crippen LogP contribution in [0.5, 0.6) is 0 Å². The monoisotopic (exact) mass is 314 g/mol. The molecule has 0 aliphatic carbocycles. The van der Waals surface area contributed by atoms with E-state index in [2.05, 4.69) is 22.6 Å². The van der Waals surface area contributed by atoms with Gasteiger partial charge in [0.1, 0.15) is 5.76 Å². The van der Waals surface area contributed by atoms with Gasteiger partial charge in [-0.25, -0.2) is 0 Å². The average Bonchev–Trinajstić information content (AvgIpc) is 2.85. The van der Waals surface area contributed by atoms with Crippen molar-refractivity contribution in [2.45, 2.75) is 58.9 Å². The number of rotatable bonds is 6. The van der Waals surface area contributed by atoms with Crippen LogP contribution in [0.3, 0.4) is 0 Å². The van der Waals surface area contributed by atoms with Crippen molar-refractivity contribution in [3.8, 4) is 0 Å². The van der Waals surface area contributed by atoms with E-state index < -0.39 is 5.41 Å². The molecule has 0 aliphatic rings. The van der Waals surface area contributed by atoms with E-state index in [1.54, 1.807) is 0 Å². The zero-order valence-electron chi connectivity index (χ0n) is 14.6. The van der Waals surface area contributed by atoms with Crippen LogP contribution in [0.25, 0.3) is 0 Å². The molecule has 1 N–H and O–H groups in total. The lowest BCUT2D eigenvalue weighted by molar-refractivity contribution is -0.126. The molecule has 4 heteroatoms. The van der Waals surface area contributed by atoms with E-state index in [4.69, 9.17) is 4.52 Å². The van der Waals surface area contributed by atoms with Crippen molar-refractivity contribution in [3.05, 3.63) is 52.9 Å². The number of hydrogen-bond acceptors (Lipinski definition) is 3. The van der Waals surface area contributed by atoms with Crippen LogP contribution in [0.15, 0.2) is 34.9 Å². The first-order chi connectivity index (χ1) is 10.8. The summed E-state index contributed by atoms with van der Waals surface area (Å²) in [5.74, 6) is 0.715. The maximum Gasteiger partial charge on any atom is 0.230 e. The standard InChI is InChI=1S/C19H26N2O2/c1-13(11-12-16-9-7-6-8-10-16)20-18(22)19(4,5)17-14(2)21-23-15(17)3/h6-10,13H,11-12H2,1-5H3,(H,20,22). The third-order valence-electron chi connectivity index (χ3n) is 4.31. The van der Waals surface area contributed by atoms with Gasteiger partial charge in [0.2, 0.25) is 5.91 Å². The number of amides is 1. The minimum Gasteiger partial charge on any atom is -0.361 e. The van der Waals surface area contributed by atoms with E-state index in [0.29, 0.717) is 5.76 Å². The summed E-state index contributed by atoms with van der Waals surface area (Å²) in [5, 5.41) is 7.09. The van der Waals surface area contributed by atoms with Gasteiger partial charge in [-0.1, -0.05) is 35.5 Å². The molecule has 1 aromatic carbocycles. The Kier molecular flexibility index (Phi) is 5.24. The maximum absolute atomic E-state index is 12.7. The maximum atomic E-state index is 12.7. The van der Waals surface area contributed by atoms with E-state index in [0.717, 1.165) is 24.1 Å². The van der Waals surface area contributed by atoms with E-state index >= 15 is 0 Å². The predicted molar refractivity (Wildman–Crippen MR) is 91.4 cm³/mol. The Morgan fingerprint density at radius 1 is 1.26 bits per heavy atom. The van der Waals surface area contributed by atoms with Crippen LogP contribution in [0, 0.1) is 13.8 Å². The highest BCUT2D eigenvalue weighted by molar-refractivity contribution is 5.88. The quantitative estimate of drug-likeness (QED) is 0.884. The van der Waals surface area contributed by atoms with E-state index in [1.807, 2.05) is 52.8 Å². The van der Waals surface area contributed by atoms with Crippen LogP contribution in [0.4, 0.5) is 0 Å². The van der Waals surface area contributed by atoms with Gasteiger partial charge in [-0.15, -0.1) is 0 Å². The van der Waals surface area contributed by atoms with Gasteiger partial charge < -0.3 is 9.84 Å². The van der Waals surface area contributed by atoms with Gasteiger partial charge in [0.15, 0.2) is 0 Å². The highest BCUT2D eigenvalue weighted by atomic mass is 16.5. The molecule has 1 amide bonds.